The molecule has 1 atom stereocenters. The zero-order chi connectivity index (χ0) is 17.3. The van der Waals surface area contributed by atoms with E-state index in [4.69, 9.17) is 11.5 Å². The third-order valence-electron chi connectivity index (χ3n) is 3.37. The largest absolute Gasteiger partial charge is 0.382 e. The summed E-state index contributed by atoms with van der Waals surface area (Å²) in [6.07, 6.45) is 1.59. The van der Waals surface area contributed by atoms with Crippen LogP contribution in [-0.4, -0.2) is 26.6 Å². The molecular weight excluding hydrogens is 325 g/mol. The maximum Gasteiger partial charge on any atom is 0.224 e. The maximum atomic E-state index is 12.1. The molecule has 24 heavy (non-hydrogen) atoms. The summed E-state index contributed by atoms with van der Waals surface area (Å²) < 4.78 is 12.1. The minimum absolute atomic E-state index is 0.0640. The SMILES string of the molecule is [CH2-]P(C)(=O)c1cccc(NCc2cnc3nc(N)nc(N)c3n2)c1. The molecule has 0 radical (unpaired) electrons. The van der Waals surface area contributed by atoms with Gasteiger partial charge in [0.05, 0.1) is 18.4 Å². The van der Waals surface area contributed by atoms with Crippen molar-refractivity contribution in [3.05, 3.63) is 42.8 Å². The number of nitrogen functional groups attached to an aromatic ring is 2. The first kappa shape index (κ1) is 16.1. The van der Waals surface area contributed by atoms with Crippen LogP contribution < -0.4 is 22.1 Å². The lowest BCUT2D eigenvalue weighted by Gasteiger charge is -2.15. The molecule has 0 aliphatic carbocycles. The van der Waals surface area contributed by atoms with E-state index < -0.39 is 7.14 Å². The molecule has 0 bridgehead atoms. The van der Waals surface area contributed by atoms with Gasteiger partial charge in [0.15, 0.2) is 17.0 Å². The van der Waals surface area contributed by atoms with Gasteiger partial charge in [0.1, 0.15) is 0 Å². The van der Waals surface area contributed by atoms with E-state index in [9.17, 15) is 4.57 Å². The molecule has 2 heterocycles. The quantitative estimate of drug-likeness (QED) is 0.481. The zero-order valence-corrected chi connectivity index (χ0v) is 14.0. The minimum atomic E-state index is -2.55. The van der Waals surface area contributed by atoms with Crippen molar-refractivity contribution in [3.8, 4) is 0 Å². The summed E-state index contributed by atoms with van der Waals surface area (Å²) in [5.74, 6) is 0.256. The van der Waals surface area contributed by atoms with Crippen LogP contribution in [0.4, 0.5) is 17.5 Å². The van der Waals surface area contributed by atoms with E-state index in [0.29, 0.717) is 28.7 Å². The van der Waals surface area contributed by atoms with Crippen molar-refractivity contribution in [2.75, 3.05) is 23.4 Å². The van der Waals surface area contributed by atoms with Crippen molar-refractivity contribution in [1.29, 1.82) is 0 Å². The van der Waals surface area contributed by atoms with Gasteiger partial charge in [-0.25, -0.2) is 9.97 Å². The molecule has 2 aromatic heterocycles. The van der Waals surface area contributed by atoms with Crippen LogP contribution in [0.5, 0.6) is 0 Å². The predicted octanol–water partition coefficient (Wildman–Crippen LogP) is 1.61. The second kappa shape index (κ2) is 6.05. The van der Waals surface area contributed by atoms with E-state index in [2.05, 4.69) is 31.9 Å². The van der Waals surface area contributed by atoms with Crippen molar-refractivity contribution in [1.82, 2.24) is 19.9 Å². The number of nitrogens with one attached hydrogen (secondary N) is 1. The summed E-state index contributed by atoms with van der Waals surface area (Å²) >= 11 is 0. The minimum Gasteiger partial charge on any atom is -0.382 e. The zero-order valence-electron chi connectivity index (χ0n) is 13.1. The summed E-state index contributed by atoms with van der Waals surface area (Å²) in [4.78, 5) is 16.5. The molecule has 0 aliphatic heterocycles. The summed E-state index contributed by atoms with van der Waals surface area (Å²) in [5, 5.41) is 3.92. The summed E-state index contributed by atoms with van der Waals surface area (Å²) in [6.45, 7) is 5.77. The van der Waals surface area contributed by atoms with Crippen LogP contribution in [0.3, 0.4) is 0 Å². The number of fused-ring (bicyclic) bond motifs is 1. The number of nitrogens with zero attached hydrogens (tertiary/aromatic N) is 4. The highest BCUT2D eigenvalue weighted by Crippen LogP contribution is 2.37. The lowest BCUT2D eigenvalue weighted by Crippen LogP contribution is -2.08. The average Bonchev–Trinajstić information content (AvgIpc) is 2.52. The Hall–Kier alpha value is -2.73. The van der Waals surface area contributed by atoms with Crippen molar-refractivity contribution in [3.63, 3.8) is 0 Å². The Morgan fingerprint density at radius 1 is 1.25 bits per heavy atom. The fourth-order valence-corrected chi connectivity index (χ4v) is 2.98. The Bertz CT molecular complexity index is 954. The van der Waals surface area contributed by atoms with E-state index in [1.165, 1.54) is 0 Å². The van der Waals surface area contributed by atoms with E-state index >= 15 is 0 Å². The molecule has 9 heteroatoms. The Morgan fingerprint density at radius 2 is 2.04 bits per heavy atom. The highest BCUT2D eigenvalue weighted by molar-refractivity contribution is 7.72. The Labute approximate surface area is 139 Å². The number of benzene rings is 1. The standard InChI is InChI=1S/C15H17N7OP/c1-24(2,23)11-5-3-4-9(6-11)18-7-10-8-19-14-12(20-10)13(16)21-15(17)22-14/h3-6,8,18H,1,7H2,2H3,(H4,16,17,19,21,22)/q-1. The van der Waals surface area contributed by atoms with Gasteiger partial charge >= 0.3 is 0 Å². The molecule has 1 aromatic carbocycles. The van der Waals surface area contributed by atoms with Crippen LogP contribution in [-0.2, 0) is 11.1 Å². The first-order chi connectivity index (χ1) is 11.3. The smallest absolute Gasteiger partial charge is 0.224 e. The second-order valence-electron chi connectivity index (χ2n) is 5.51. The molecule has 0 amide bonds. The van der Waals surface area contributed by atoms with Gasteiger partial charge in [-0.3, -0.25) is 6.66 Å². The van der Waals surface area contributed by atoms with E-state index in [-0.39, 0.29) is 11.8 Å². The molecule has 0 fully saturated rings. The van der Waals surface area contributed by atoms with Crippen LogP contribution in [0.25, 0.3) is 11.2 Å². The third kappa shape index (κ3) is 3.44. The van der Waals surface area contributed by atoms with Crippen LogP contribution >= 0.6 is 7.14 Å². The number of nitrogens with two attached hydrogens (primary N) is 2. The van der Waals surface area contributed by atoms with Gasteiger partial charge in [0, 0.05) is 5.69 Å². The first-order valence-electron chi connectivity index (χ1n) is 7.14. The van der Waals surface area contributed by atoms with Gasteiger partial charge in [-0.1, -0.05) is 12.1 Å². The van der Waals surface area contributed by atoms with Crippen molar-refractivity contribution in [2.24, 2.45) is 0 Å². The number of hydrogen-bond donors (Lipinski definition) is 3. The number of hydrogen-bond acceptors (Lipinski definition) is 8. The second-order valence-corrected chi connectivity index (χ2v) is 8.22. The highest BCUT2D eigenvalue weighted by atomic mass is 31.2. The van der Waals surface area contributed by atoms with Crippen LogP contribution in [0, 0.1) is 6.66 Å². The topological polar surface area (TPSA) is 133 Å². The van der Waals surface area contributed by atoms with Crippen LogP contribution in [0.1, 0.15) is 5.69 Å². The van der Waals surface area contributed by atoms with E-state index in [1.807, 2.05) is 18.2 Å². The van der Waals surface area contributed by atoms with Gasteiger partial charge < -0.3 is 21.3 Å². The van der Waals surface area contributed by atoms with Gasteiger partial charge in [0.25, 0.3) is 0 Å². The first-order valence-corrected chi connectivity index (χ1v) is 9.48. The lowest BCUT2D eigenvalue weighted by atomic mass is 10.3. The number of rotatable bonds is 4. The summed E-state index contributed by atoms with van der Waals surface area (Å²) in [6, 6.07) is 7.34. The molecule has 0 aliphatic rings. The van der Waals surface area contributed by atoms with Gasteiger partial charge in [-0.15, -0.1) is 0 Å². The van der Waals surface area contributed by atoms with Gasteiger partial charge in [-0.05, 0) is 31.2 Å². The van der Waals surface area contributed by atoms with Gasteiger partial charge in [-0.2, -0.15) is 9.97 Å². The van der Waals surface area contributed by atoms with Crippen molar-refractivity contribution in [2.45, 2.75) is 6.54 Å². The molecule has 3 aromatic rings. The fraction of sp³-hybridized carbons (Fsp3) is 0.133. The molecular formula is C15H17N7OP-. The molecule has 1 unspecified atom stereocenters. The van der Waals surface area contributed by atoms with Gasteiger partial charge in [0.2, 0.25) is 5.95 Å². The predicted molar refractivity (Wildman–Crippen MR) is 96.2 cm³/mol. The monoisotopic (exact) mass is 342 g/mol. The molecule has 5 N–H and O–H groups in total. The molecule has 3 rings (SSSR count). The summed E-state index contributed by atoms with van der Waals surface area (Å²) in [5.41, 5.74) is 13.6. The van der Waals surface area contributed by atoms with Crippen molar-refractivity contribution < 1.29 is 4.57 Å². The highest BCUT2D eigenvalue weighted by Gasteiger charge is 2.08. The average molecular weight is 342 g/mol. The Kier molecular flexibility index (Phi) is 4.07. The van der Waals surface area contributed by atoms with E-state index in [0.717, 1.165) is 5.69 Å². The van der Waals surface area contributed by atoms with Crippen molar-refractivity contribution >= 4 is 41.1 Å². The fourth-order valence-electron chi connectivity index (χ4n) is 2.17. The molecule has 0 spiro atoms. The van der Waals surface area contributed by atoms with Crippen LogP contribution in [0.15, 0.2) is 30.5 Å². The normalized spacial score (nSPS) is 13.6. The molecule has 0 saturated carbocycles. The van der Waals surface area contributed by atoms with E-state index in [1.54, 1.807) is 18.9 Å². The molecule has 124 valence electrons. The summed E-state index contributed by atoms with van der Waals surface area (Å²) in [7, 11) is -2.55. The maximum absolute atomic E-state index is 12.1. The lowest BCUT2D eigenvalue weighted by molar-refractivity contribution is 0.590. The molecule has 0 saturated heterocycles. The van der Waals surface area contributed by atoms with Crippen LogP contribution in [0.2, 0.25) is 0 Å². The third-order valence-corrected chi connectivity index (χ3v) is 4.74. The Balaban J connectivity index is 1.82. The number of anilines is 3. The Morgan fingerprint density at radius 3 is 2.79 bits per heavy atom. The number of aromatic nitrogens is 4. The molecule has 8 nitrogen and oxygen atoms in total.